The van der Waals surface area contributed by atoms with Gasteiger partial charge in [0.1, 0.15) is 11.4 Å². The van der Waals surface area contributed by atoms with E-state index in [2.05, 4.69) is 20.5 Å². The van der Waals surface area contributed by atoms with Crippen molar-refractivity contribution in [2.24, 2.45) is 7.05 Å². The first-order chi connectivity index (χ1) is 12.7. The van der Waals surface area contributed by atoms with Crippen molar-refractivity contribution >= 4 is 23.2 Å². The van der Waals surface area contributed by atoms with Gasteiger partial charge in [0, 0.05) is 13.1 Å². The number of carbonyl (C=O) groups excluding carboxylic acids is 1. The molecule has 2 N–H and O–H groups in total. The zero-order valence-electron chi connectivity index (χ0n) is 13.4. The fourth-order valence-corrected chi connectivity index (χ4v) is 2.37. The highest BCUT2D eigenvalue weighted by atomic mass is 19.3. The van der Waals surface area contributed by atoms with Crippen molar-refractivity contribution in [3.8, 4) is 0 Å². The number of nitrogens with zero attached hydrogens (tertiary/aromatic N) is 5. The lowest BCUT2D eigenvalue weighted by Crippen LogP contribution is -2.16. The summed E-state index contributed by atoms with van der Waals surface area (Å²) in [7, 11) is 1.34. The van der Waals surface area contributed by atoms with Gasteiger partial charge in [-0.3, -0.25) is 9.48 Å². The van der Waals surface area contributed by atoms with Gasteiger partial charge >= 0.3 is 5.97 Å². The standard InChI is InChI=1S/C14H10F4N6O3/c1-23-10(14(26)27)7(4-19-23)21-13(25)6-3-9-20-5(11(15)16)2-8(12(17)18)24(9)22-6/h2-4,11-12H,1H3,(H,21,25)(H,26,27). The van der Waals surface area contributed by atoms with Crippen molar-refractivity contribution in [3.63, 3.8) is 0 Å². The summed E-state index contributed by atoms with van der Waals surface area (Å²) in [4.78, 5) is 27.0. The fraction of sp³-hybridized carbons (Fsp3) is 0.214. The summed E-state index contributed by atoms with van der Waals surface area (Å²) >= 11 is 0. The first-order valence-electron chi connectivity index (χ1n) is 7.22. The maximum atomic E-state index is 13.1. The summed E-state index contributed by atoms with van der Waals surface area (Å²) in [6.07, 6.45) is -5.15. The normalized spacial score (nSPS) is 11.5. The number of amides is 1. The van der Waals surface area contributed by atoms with Gasteiger partial charge in [0.05, 0.1) is 11.9 Å². The van der Waals surface area contributed by atoms with E-state index < -0.39 is 41.8 Å². The van der Waals surface area contributed by atoms with E-state index in [4.69, 9.17) is 5.11 Å². The Hall–Kier alpha value is -3.51. The Morgan fingerprint density at radius 3 is 2.48 bits per heavy atom. The summed E-state index contributed by atoms with van der Waals surface area (Å²) in [5.74, 6) is -2.31. The van der Waals surface area contributed by atoms with Gasteiger partial charge in [-0.2, -0.15) is 10.2 Å². The van der Waals surface area contributed by atoms with Crippen LogP contribution in [0, 0.1) is 0 Å². The molecular formula is C14H10F4N6O3. The Labute approximate surface area is 147 Å². The minimum atomic E-state index is -3.14. The third-order valence-corrected chi connectivity index (χ3v) is 3.54. The van der Waals surface area contributed by atoms with Gasteiger partial charge in [-0.1, -0.05) is 0 Å². The van der Waals surface area contributed by atoms with Crippen molar-refractivity contribution in [3.05, 3.63) is 41.1 Å². The SMILES string of the molecule is Cn1ncc(NC(=O)c2cc3nc(C(F)F)cc(C(F)F)n3n2)c1C(=O)O. The maximum absolute atomic E-state index is 13.1. The Morgan fingerprint density at radius 1 is 1.19 bits per heavy atom. The number of aromatic carboxylic acids is 1. The minimum absolute atomic E-state index is 0.151. The van der Waals surface area contributed by atoms with Gasteiger partial charge in [-0.15, -0.1) is 0 Å². The Bertz CT molecular complexity index is 1050. The number of rotatable bonds is 5. The van der Waals surface area contributed by atoms with Crippen LogP contribution in [-0.2, 0) is 7.05 Å². The van der Waals surface area contributed by atoms with Crippen LogP contribution in [0.5, 0.6) is 0 Å². The number of carbonyl (C=O) groups is 2. The fourth-order valence-electron chi connectivity index (χ4n) is 2.37. The number of carboxylic acids is 1. The number of aromatic nitrogens is 5. The number of halogens is 4. The smallest absolute Gasteiger partial charge is 0.356 e. The van der Waals surface area contributed by atoms with Crippen LogP contribution in [-0.4, -0.2) is 41.4 Å². The molecule has 13 heteroatoms. The predicted molar refractivity (Wildman–Crippen MR) is 81.0 cm³/mol. The van der Waals surface area contributed by atoms with Crippen LogP contribution in [0.2, 0.25) is 0 Å². The quantitative estimate of drug-likeness (QED) is 0.651. The zero-order valence-corrected chi connectivity index (χ0v) is 13.4. The number of carboxylic acid groups (broad SMARTS) is 1. The second kappa shape index (κ2) is 6.66. The number of fused-ring (bicyclic) bond motifs is 1. The Kier molecular flexibility index (Phi) is 4.51. The van der Waals surface area contributed by atoms with E-state index in [1.807, 2.05) is 0 Å². The highest BCUT2D eigenvalue weighted by Crippen LogP contribution is 2.25. The van der Waals surface area contributed by atoms with Gasteiger partial charge in [-0.05, 0) is 6.07 Å². The lowest BCUT2D eigenvalue weighted by atomic mass is 10.3. The van der Waals surface area contributed by atoms with Gasteiger partial charge < -0.3 is 10.4 Å². The third-order valence-electron chi connectivity index (χ3n) is 3.54. The van der Waals surface area contributed by atoms with E-state index in [0.717, 1.165) is 16.9 Å². The van der Waals surface area contributed by atoms with Gasteiger partial charge in [0.15, 0.2) is 17.0 Å². The van der Waals surface area contributed by atoms with E-state index >= 15 is 0 Å². The molecule has 3 rings (SSSR count). The molecule has 0 saturated carbocycles. The molecule has 0 aliphatic rings. The predicted octanol–water partition coefficient (Wildman–Crippen LogP) is 2.29. The molecule has 0 aromatic carbocycles. The topological polar surface area (TPSA) is 114 Å². The van der Waals surface area contributed by atoms with Crippen molar-refractivity contribution in [2.75, 3.05) is 5.32 Å². The number of hydrogen-bond donors (Lipinski definition) is 2. The van der Waals surface area contributed by atoms with Gasteiger partial charge in [0.25, 0.3) is 18.8 Å². The van der Waals surface area contributed by atoms with Crippen LogP contribution in [0.1, 0.15) is 45.2 Å². The molecule has 142 valence electrons. The number of aryl methyl sites for hydroxylation is 1. The van der Waals surface area contributed by atoms with Crippen LogP contribution in [0.15, 0.2) is 18.3 Å². The molecule has 0 unspecified atom stereocenters. The van der Waals surface area contributed by atoms with Gasteiger partial charge in [0.2, 0.25) is 0 Å². The first-order valence-corrected chi connectivity index (χ1v) is 7.22. The van der Waals surface area contributed by atoms with Gasteiger partial charge in [-0.25, -0.2) is 31.9 Å². The first kappa shape index (κ1) is 18.3. The van der Waals surface area contributed by atoms with Crippen LogP contribution in [0.25, 0.3) is 5.65 Å². The number of anilines is 1. The van der Waals surface area contributed by atoms with Crippen LogP contribution < -0.4 is 5.32 Å². The molecule has 3 aromatic heterocycles. The summed E-state index contributed by atoms with van der Waals surface area (Å²) in [6.45, 7) is 0. The molecule has 0 atom stereocenters. The lowest BCUT2D eigenvalue weighted by Gasteiger charge is -2.06. The van der Waals surface area contributed by atoms with Crippen molar-refractivity contribution in [2.45, 2.75) is 12.9 Å². The van der Waals surface area contributed by atoms with Crippen LogP contribution >= 0.6 is 0 Å². The van der Waals surface area contributed by atoms with Crippen molar-refractivity contribution < 1.29 is 32.3 Å². The van der Waals surface area contributed by atoms with Crippen LogP contribution in [0.3, 0.4) is 0 Å². The van der Waals surface area contributed by atoms with E-state index in [9.17, 15) is 27.2 Å². The van der Waals surface area contributed by atoms with E-state index in [1.165, 1.54) is 7.05 Å². The Balaban J connectivity index is 2.01. The average molecular weight is 386 g/mol. The largest absolute Gasteiger partial charge is 0.476 e. The van der Waals surface area contributed by atoms with E-state index in [-0.39, 0.29) is 17.0 Å². The lowest BCUT2D eigenvalue weighted by molar-refractivity contribution is 0.0686. The molecule has 0 spiro atoms. The average Bonchev–Trinajstić information content (AvgIpc) is 3.16. The van der Waals surface area contributed by atoms with E-state index in [0.29, 0.717) is 10.6 Å². The zero-order chi connectivity index (χ0) is 19.9. The number of hydrogen-bond acceptors (Lipinski definition) is 5. The molecule has 3 heterocycles. The van der Waals surface area contributed by atoms with Crippen molar-refractivity contribution in [1.29, 1.82) is 0 Å². The molecule has 0 aliphatic heterocycles. The summed E-state index contributed by atoms with van der Waals surface area (Å²) < 4.78 is 53.5. The molecule has 0 saturated heterocycles. The molecule has 1 amide bonds. The number of nitrogens with one attached hydrogen (secondary N) is 1. The maximum Gasteiger partial charge on any atom is 0.356 e. The molecule has 0 aliphatic carbocycles. The Morgan fingerprint density at radius 2 is 1.89 bits per heavy atom. The molecule has 3 aromatic rings. The summed E-state index contributed by atoms with van der Waals surface area (Å²) in [6, 6.07) is 1.44. The third kappa shape index (κ3) is 3.30. The monoisotopic (exact) mass is 386 g/mol. The highest BCUT2D eigenvalue weighted by Gasteiger charge is 2.23. The molecule has 0 bridgehead atoms. The molecule has 0 fully saturated rings. The minimum Gasteiger partial charge on any atom is -0.476 e. The second-order valence-electron chi connectivity index (χ2n) is 5.30. The molecule has 27 heavy (non-hydrogen) atoms. The van der Waals surface area contributed by atoms with Crippen molar-refractivity contribution in [1.82, 2.24) is 24.4 Å². The molecular weight excluding hydrogens is 376 g/mol. The molecule has 0 radical (unpaired) electrons. The number of alkyl halides is 4. The second-order valence-corrected chi connectivity index (χ2v) is 5.30. The molecule has 9 nitrogen and oxygen atoms in total. The van der Waals surface area contributed by atoms with Crippen LogP contribution in [0.4, 0.5) is 23.2 Å². The van der Waals surface area contributed by atoms with E-state index in [1.54, 1.807) is 0 Å². The summed E-state index contributed by atoms with van der Waals surface area (Å²) in [5.41, 5.74) is -3.01. The highest BCUT2D eigenvalue weighted by molar-refractivity contribution is 6.06. The summed E-state index contributed by atoms with van der Waals surface area (Å²) in [5, 5.41) is 18.7.